The molecule has 4 rings (SSSR count). The molecule has 25 heavy (non-hydrogen) atoms. The van der Waals surface area contributed by atoms with Crippen molar-refractivity contribution in [1.29, 1.82) is 0 Å². The van der Waals surface area contributed by atoms with Crippen molar-refractivity contribution >= 4 is 11.4 Å². The van der Waals surface area contributed by atoms with Gasteiger partial charge in [0.1, 0.15) is 5.76 Å². The van der Waals surface area contributed by atoms with Crippen LogP contribution in [0.1, 0.15) is 29.8 Å². The lowest BCUT2D eigenvalue weighted by atomic mass is 10.1. The highest BCUT2D eigenvalue weighted by Crippen LogP contribution is 2.44. The van der Waals surface area contributed by atoms with Crippen molar-refractivity contribution in [3.63, 3.8) is 0 Å². The molecule has 0 saturated heterocycles. The third-order valence-corrected chi connectivity index (χ3v) is 4.65. The number of aryl methyl sites for hydroxylation is 1. The van der Waals surface area contributed by atoms with Gasteiger partial charge in [0.05, 0.1) is 5.70 Å². The van der Waals surface area contributed by atoms with Gasteiger partial charge in [-0.05, 0) is 25.5 Å². The van der Waals surface area contributed by atoms with Gasteiger partial charge in [-0.25, -0.2) is 0 Å². The first-order chi connectivity index (χ1) is 12.3. The zero-order valence-corrected chi connectivity index (χ0v) is 14.5. The standard InChI is InChI=1S/C23H21NO/c1-17-11-9-10-16-21(17)24-18(2)22(19-12-5-3-6-13-19)25-23(24)20-14-7-4-8-15-20/h3-16,23H,1-2H3. The van der Waals surface area contributed by atoms with Crippen LogP contribution in [-0.4, -0.2) is 0 Å². The fourth-order valence-electron chi connectivity index (χ4n) is 3.38. The van der Waals surface area contributed by atoms with Gasteiger partial charge in [-0.1, -0.05) is 78.9 Å². The van der Waals surface area contributed by atoms with Crippen LogP contribution in [0.2, 0.25) is 0 Å². The summed E-state index contributed by atoms with van der Waals surface area (Å²) < 4.78 is 6.47. The molecule has 124 valence electrons. The lowest BCUT2D eigenvalue weighted by molar-refractivity contribution is 0.195. The van der Waals surface area contributed by atoms with E-state index >= 15 is 0 Å². The number of para-hydroxylation sites is 1. The van der Waals surface area contributed by atoms with Crippen molar-refractivity contribution in [2.45, 2.75) is 20.1 Å². The normalized spacial score (nSPS) is 16.9. The van der Waals surface area contributed by atoms with Gasteiger partial charge in [0.25, 0.3) is 0 Å². The summed E-state index contributed by atoms with van der Waals surface area (Å²) in [7, 11) is 0. The molecule has 3 aromatic rings. The molecule has 0 radical (unpaired) electrons. The molecule has 1 unspecified atom stereocenters. The lowest BCUT2D eigenvalue weighted by Gasteiger charge is -2.28. The molecule has 1 aliphatic rings. The van der Waals surface area contributed by atoms with E-state index in [2.05, 4.69) is 79.4 Å². The zero-order chi connectivity index (χ0) is 17.2. The first kappa shape index (κ1) is 15.5. The molecule has 0 fully saturated rings. The third kappa shape index (κ3) is 2.80. The average molecular weight is 327 g/mol. The minimum Gasteiger partial charge on any atom is -0.463 e. The van der Waals surface area contributed by atoms with Gasteiger partial charge < -0.3 is 9.64 Å². The minimum atomic E-state index is -0.155. The molecule has 0 aliphatic carbocycles. The Labute approximate surface area is 149 Å². The van der Waals surface area contributed by atoms with E-state index in [9.17, 15) is 0 Å². The van der Waals surface area contributed by atoms with Gasteiger partial charge >= 0.3 is 0 Å². The molecule has 2 nitrogen and oxygen atoms in total. The van der Waals surface area contributed by atoms with E-state index in [0.29, 0.717) is 0 Å². The monoisotopic (exact) mass is 327 g/mol. The molecule has 0 N–H and O–H groups in total. The number of benzene rings is 3. The highest BCUT2D eigenvalue weighted by molar-refractivity contribution is 5.73. The van der Waals surface area contributed by atoms with E-state index < -0.39 is 0 Å². The second kappa shape index (κ2) is 6.48. The molecule has 0 amide bonds. The average Bonchev–Trinajstić information content (AvgIpc) is 3.01. The molecule has 0 saturated carbocycles. The maximum absolute atomic E-state index is 6.47. The summed E-state index contributed by atoms with van der Waals surface area (Å²) in [6.07, 6.45) is -0.155. The number of ether oxygens (including phenoxy) is 1. The number of hydrogen-bond donors (Lipinski definition) is 0. The van der Waals surface area contributed by atoms with Crippen molar-refractivity contribution in [2.24, 2.45) is 0 Å². The van der Waals surface area contributed by atoms with Crippen LogP contribution in [0.25, 0.3) is 5.76 Å². The van der Waals surface area contributed by atoms with Gasteiger partial charge in [0.15, 0.2) is 0 Å². The summed E-state index contributed by atoms with van der Waals surface area (Å²) >= 11 is 0. The highest BCUT2D eigenvalue weighted by Gasteiger charge is 2.34. The van der Waals surface area contributed by atoms with Crippen LogP contribution in [0.15, 0.2) is 90.6 Å². The smallest absolute Gasteiger partial charge is 0.203 e. The minimum absolute atomic E-state index is 0.155. The molecule has 1 aliphatic heterocycles. The fourth-order valence-corrected chi connectivity index (χ4v) is 3.38. The summed E-state index contributed by atoms with van der Waals surface area (Å²) in [4.78, 5) is 2.30. The van der Waals surface area contributed by atoms with Gasteiger partial charge in [-0.15, -0.1) is 0 Å². The van der Waals surface area contributed by atoms with E-state index in [-0.39, 0.29) is 6.23 Å². The van der Waals surface area contributed by atoms with Crippen LogP contribution < -0.4 is 4.90 Å². The maximum atomic E-state index is 6.47. The van der Waals surface area contributed by atoms with Crippen LogP contribution >= 0.6 is 0 Å². The Hall–Kier alpha value is -3.00. The number of nitrogens with zero attached hydrogens (tertiary/aromatic N) is 1. The van der Waals surface area contributed by atoms with E-state index in [1.54, 1.807) is 0 Å². The van der Waals surface area contributed by atoms with Crippen molar-refractivity contribution in [3.05, 3.63) is 107 Å². The quantitative estimate of drug-likeness (QED) is 0.592. The van der Waals surface area contributed by atoms with E-state index in [1.165, 1.54) is 11.3 Å². The van der Waals surface area contributed by atoms with Crippen molar-refractivity contribution < 1.29 is 4.74 Å². The number of rotatable bonds is 3. The van der Waals surface area contributed by atoms with Gasteiger partial charge in [0.2, 0.25) is 6.23 Å². The zero-order valence-electron chi connectivity index (χ0n) is 14.5. The van der Waals surface area contributed by atoms with Crippen LogP contribution in [0.4, 0.5) is 5.69 Å². The van der Waals surface area contributed by atoms with Crippen LogP contribution in [0.5, 0.6) is 0 Å². The fraction of sp³-hybridized carbons (Fsp3) is 0.130. The highest BCUT2D eigenvalue weighted by atomic mass is 16.5. The van der Waals surface area contributed by atoms with E-state index in [0.717, 1.165) is 22.6 Å². The summed E-state index contributed by atoms with van der Waals surface area (Å²) in [5, 5.41) is 0. The molecule has 0 spiro atoms. The molecule has 3 aromatic carbocycles. The Balaban J connectivity index is 1.85. The van der Waals surface area contributed by atoms with Crippen LogP contribution in [0, 0.1) is 6.92 Å². The van der Waals surface area contributed by atoms with Crippen molar-refractivity contribution in [3.8, 4) is 0 Å². The summed E-state index contributed by atoms with van der Waals surface area (Å²) in [6, 6.07) is 29.2. The molecule has 0 aromatic heterocycles. The molecule has 0 bridgehead atoms. The Morgan fingerprint density at radius 3 is 2.00 bits per heavy atom. The second-order valence-corrected chi connectivity index (χ2v) is 6.32. The topological polar surface area (TPSA) is 12.5 Å². The van der Waals surface area contributed by atoms with E-state index in [1.807, 2.05) is 24.3 Å². The number of anilines is 1. The van der Waals surface area contributed by atoms with Gasteiger partial charge in [-0.3, -0.25) is 0 Å². The van der Waals surface area contributed by atoms with Crippen LogP contribution in [-0.2, 0) is 4.74 Å². The van der Waals surface area contributed by atoms with Crippen molar-refractivity contribution in [2.75, 3.05) is 4.90 Å². The second-order valence-electron chi connectivity index (χ2n) is 6.32. The summed E-state index contributed by atoms with van der Waals surface area (Å²) in [6.45, 7) is 4.28. The predicted octanol–water partition coefficient (Wildman–Crippen LogP) is 5.92. The van der Waals surface area contributed by atoms with Gasteiger partial charge in [-0.2, -0.15) is 0 Å². The molecular formula is C23H21NO. The number of allylic oxidation sites excluding steroid dienone is 1. The summed E-state index contributed by atoms with van der Waals surface area (Å²) in [5.74, 6) is 0.942. The Morgan fingerprint density at radius 1 is 0.720 bits per heavy atom. The maximum Gasteiger partial charge on any atom is 0.203 e. The van der Waals surface area contributed by atoms with E-state index in [4.69, 9.17) is 4.74 Å². The lowest BCUT2D eigenvalue weighted by Crippen LogP contribution is -2.23. The molecular weight excluding hydrogens is 306 g/mol. The Kier molecular flexibility index (Phi) is 4.02. The Morgan fingerprint density at radius 2 is 1.32 bits per heavy atom. The van der Waals surface area contributed by atoms with Crippen molar-refractivity contribution in [1.82, 2.24) is 0 Å². The molecule has 1 atom stereocenters. The Bertz CT molecular complexity index is 900. The summed E-state index contributed by atoms with van der Waals surface area (Å²) in [5.41, 5.74) is 5.81. The molecule has 2 heteroatoms. The molecule has 1 heterocycles. The SMILES string of the molecule is CC1=C(c2ccccc2)OC(c2ccccc2)N1c1ccccc1C. The first-order valence-corrected chi connectivity index (χ1v) is 8.58. The predicted molar refractivity (Wildman–Crippen MR) is 103 cm³/mol. The third-order valence-electron chi connectivity index (χ3n) is 4.65. The van der Waals surface area contributed by atoms with Crippen LogP contribution in [0.3, 0.4) is 0 Å². The van der Waals surface area contributed by atoms with Gasteiger partial charge in [0, 0.05) is 16.8 Å². The first-order valence-electron chi connectivity index (χ1n) is 8.58. The number of hydrogen-bond acceptors (Lipinski definition) is 2. The largest absolute Gasteiger partial charge is 0.463 e.